The van der Waals surface area contributed by atoms with E-state index in [1.807, 2.05) is 0 Å². The van der Waals surface area contributed by atoms with Gasteiger partial charge in [-0.05, 0) is 6.92 Å². The molecule has 0 aliphatic carbocycles. The van der Waals surface area contributed by atoms with Crippen molar-refractivity contribution in [2.45, 2.75) is 18.6 Å². The van der Waals surface area contributed by atoms with Crippen LogP contribution in [0, 0.1) is 0 Å². The summed E-state index contributed by atoms with van der Waals surface area (Å²) in [5.41, 5.74) is 0. The Morgan fingerprint density at radius 3 is 2.17 bits per heavy atom. The smallest absolute Gasteiger partial charge is 0.327 e. The molecule has 12 heavy (non-hydrogen) atoms. The molecule has 5 nitrogen and oxygen atoms in total. The summed E-state index contributed by atoms with van der Waals surface area (Å²) in [6, 6.07) is 0. The Morgan fingerprint density at radius 1 is 1.67 bits per heavy atom. The monoisotopic (exact) mass is 191 g/mol. The fraction of sp³-hybridized carbons (Fsp3) is 0.500. The lowest BCUT2D eigenvalue weighted by atomic mass is 10.4. The molecule has 1 heterocycles. The summed E-state index contributed by atoms with van der Waals surface area (Å²) in [4.78, 5) is 29.3. The van der Waals surface area contributed by atoms with Gasteiger partial charge in [0.2, 0.25) is 0 Å². The van der Waals surface area contributed by atoms with Crippen LogP contribution in [0.4, 0.5) is 0 Å². The van der Waals surface area contributed by atoms with Crippen LogP contribution in [0.2, 0.25) is 0 Å². The first-order chi connectivity index (χ1) is 5.43. The Morgan fingerprint density at radius 2 is 2.08 bits per heavy atom. The molecular weight excluding hydrogens is 184 g/mol. The molecule has 0 bridgehead atoms. The molecule has 0 saturated carbocycles. The third-order valence-corrected chi connectivity index (χ3v) is 1.24. The van der Waals surface area contributed by atoms with Gasteiger partial charge in [-0.1, -0.05) is 0 Å². The molecule has 1 unspecified atom stereocenters. The number of rotatable bonds is 0. The second-order valence-corrected chi connectivity index (χ2v) is 2.63. The lowest BCUT2D eigenvalue weighted by Crippen LogP contribution is -2.16. The van der Waals surface area contributed by atoms with E-state index < -0.39 is 23.2 Å². The van der Waals surface area contributed by atoms with E-state index >= 15 is 0 Å². The normalized spacial score (nSPS) is 21.0. The molecule has 6 heteroatoms. The minimum absolute atomic E-state index is 0.113. The van der Waals surface area contributed by atoms with E-state index in [0.717, 1.165) is 6.92 Å². The summed E-state index contributed by atoms with van der Waals surface area (Å²) in [6.07, 6.45) is 0.113. The van der Waals surface area contributed by atoms with Crippen molar-refractivity contribution in [3.8, 4) is 0 Å². The molecule has 1 saturated heterocycles. The maximum atomic E-state index is 10.3. The highest BCUT2D eigenvalue weighted by Gasteiger charge is 2.29. The zero-order valence-corrected chi connectivity index (χ0v) is 7.17. The Balaban J connectivity index is 0.000000261. The van der Waals surface area contributed by atoms with E-state index in [9.17, 15) is 9.59 Å². The third kappa shape index (κ3) is 4.73. The van der Waals surface area contributed by atoms with Crippen molar-refractivity contribution in [2.75, 3.05) is 0 Å². The highest BCUT2D eigenvalue weighted by Crippen LogP contribution is 2.12. The average molecular weight is 191 g/mol. The summed E-state index contributed by atoms with van der Waals surface area (Å²) in [5.74, 6) is -2.09. The number of hydrogen-bond donors (Lipinski definition) is 1. The third-order valence-electron chi connectivity index (χ3n) is 0.847. The van der Waals surface area contributed by atoms with Crippen LogP contribution in [0.1, 0.15) is 13.3 Å². The minimum atomic E-state index is -1.08. The highest BCUT2D eigenvalue weighted by molar-refractivity contribution is 7.81. The number of hydrogen-bond acceptors (Lipinski definition) is 6. The molecule has 1 rings (SSSR count). The zero-order valence-electron chi connectivity index (χ0n) is 6.27. The van der Waals surface area contributed by atoms with Crippen LogP contribution in [-0.4, -0.2) is 23.2 Å². The summed E-state index contributed by atoms with van der Waals surface area (Å²) in [5, 5.41) is 8.36. The van der Waals surface area contributed by atoms with E-state index in [-0.39, 0.29) is 6.42 Å². The molecule has 0 amide bonds. The Kier molecular flexibility index (Phi) is 4.35. The molecule has 0 spiro atoms. The summed E-state index contributed by atoms with van der Waals surface area (Å²) >= 11 is 3.75. The summed E-state index contributed by atoms with van der Waals surface area (Å²) in [7, 11) is 0. The molecule has 0 radical (unpaired) electrons. The van der Waals surface area contributed by atoms with Gasteiger partial charge in [0.05, 0.1) is 6.42 Å². The van der Waals surface area contributed by atoms with Gasteiger partial charge in [0.25, 0.3) is 0 Å². The minimum Gasteiger partial charge on any atom is -0.550 e. The average Bonchev–Trinajstić information content (AvgIpc) is 2.08. The van der Waals surface area contributed by atoms with Crippen molar-refractivity contribution in [1.29, 1.82) is 0 Å². The van der Waals surface area contributed by atoms with Crippen LogP contribution >= 0.6 is 12.6 Å². The van der Waals surface area contributed by atoms with Gasteiger partial charge in [-0.3, -0.25) is 9.59 Å². The standard InChI is InChI=1S/C4H4O3S.C2H4O2/c5-3-1-2(8)4(6)7-3;1-2(3)4/h2,8H,1H2;1H3,(H,3,4)/p-1. The number of esters is 2. The lowest BCUT2D eigenvalue weighted by Gasteiger charge is -1.85. The molecular formula is C6H7O5S-. The zero-order chi connectivity index (χ0) is 9.72. The lowest BCUT2D eigenvalue weighted by molar-refractivity contribution is -0.302. The molecule has 0 N–H and O–H groups in total. The van der Waals surface area contributed by atoms with E-state index in [4.69, 9.17) is 9.90 Å². The predicted molar refractivity (Wildman–Crippen MR) is 39.2 cm³/mol. The van der Waals surface area contributed by atoms with Crippen LogP contribution in [0.15, 0.2) is 0 Å². The molecule has 1 atom stereocenters. The molecule has 1 fully saturated rings. The van der Waals surface area contributed by atoms with Crippen LogP contribution in [0.25, 0.3) is 0 Å². The van der Waals surface area contributed by atoms with Crippen molar-refractivity contribution in [3.05, 3.63) is 0 Å². The molecule has 1 aliphatic heterocycles. The van der Waals surface area contributed by atoms with Crippen molar-refractivity contribution in [3.63, 3.8) is 0 Å². The first-order valence-corrected chi connectivity index (χ1v) is 3.55. The first kappa shape index (κ1) is 11.0. The van der Waals surface area contributed by atoms with Crippen LogP contribution in [0.5, 0.6) is 0 Å². The van der Waals surface area contributed by atoms with Gasteiger partial charge in [0.15, 0.2) is 0 Å². The summed E-state index contributed by atoms with van der Waals surface area (Å²) in [6.45, 7) is 0.972. The number of ether oxygens (including phenoxy) is 1. The van der Waals surface area contributed by atoms with E-state index in [1.165, 1.54) is 0 Å². The Labute approximate surface area is 74.1 Å². The molecule has 0 aromatic carbocycles. The Hall–Kier alpha value is -1.04. The number of carbonyl (C=O) groups excluding carboxylic acids is 3. The number of carboxylic acids is 1. The predicted octanol–water partition coefficient (Wildman–Crippen LogP) is -1.49. The number of aliphatic carboxylic acids is 1. The highest BCUT2D eigenvalue weighted by atomic mass is 32.1. The van der Waals surface area contributed by atoms with Gasteiger partial charge in [-0.25, -0.2) is 0 Å². The Bertz CT molecular complexity index is 208. The quantitative estimate of drug-likeness (QED) is 0.286. The fourth-order valence-corrected chi connectivity index (χ4v) is 0.665. The maximum absolute atomic E-state index is 10.3. The second kappa shape index (κ2) is 4.76. The van der Waals surface area contributed by atoms with Crippen molar-refractivity contribution >= 4 is 30.5 Å². The molecule has 1 aliphatic rings. The molecule has 0 aromatic heterocycles. The molecule has 68 valence electrons. The van der Waals surface area contributed by atoms with E-state index in [2.05, 4.69) is 17.4 Å². The van der Waals surface area contributed by atoms with Gasteiger partial charge < -0.3 is 14.6 Å². The topological polar surface area (TPSA) is 83.5 Å². The van der Waals surface area contributed by atoms with Crippen LogP contribution < -0.4 is 5.11 Å². The van der Waals surface area contributed by atoms with Crippen molar-refractivity contribution < 1.29 is 24.2 Å². The number of carboxylic acid groups (broad SMARTS) is 1. The van der Waals surface area contributed by atoms with Gasteiger partial charge in [0.1, 0.15) is 5.25 Å². The van der Waals surface area contributed by atoms with Crippen molar-refractivity contribution in [1.82, 2.24) is 0 Å². The van der Waals surface area contributed by atoms with Gasteiger partial charge >= 0.3 is 11.9 Å². The van der Waals surface area contributed by atoms with Crippen LogP contribution in [-0.2, 0) is 19.1 Å². The first-order valence-electron chi connectivity index (χ1n) is 3.03. The number of thiol groups is 1. The number of cyclic esters (lactones) is 2. The summed E-state index contributed by atoms with van der Waals surface area (Å²) < 4.78 is 4.12. The SMILES string of the molecule is CC(=O)[O-].O=C1CC(S)C(=O)O1. The number of carbonyl (C=O) groups is 3. The van der Waals surface area contributed by atoms with Crippen molar-refractivity contribution in [2.24, 2.45) is 0 Å². The van der Waals surface area contributed by atoms with E-state index in [0.29, 0.717) is 0 Å². The second-order valence-electron chi connectivity index (χ2n) is 2.00. The van der Waals surface area contributed by atoms with Crippen LogP contribution in [0.3, 0.4) is 0 Å². The molecule has 0 aromatic rings. The largest absolute Gasteiger partial charge is 0.550 e. The van der Waals surface area contributed by atoms with E-state index in [1.54, 1.807) is 0 Å². The maximum Gasteiger partial charge on any atom is 0.327 e. The fourth-order valence-electron chi connectivity index (χ4n) is 0.463. The van der Waals surface area contributed by atoms with Gasteiger partial charge in [-0.15, -0.1) is 0 Å². The van der Waals surface area contributed by atoms with Gasteiger partial charge in [-0.2, -0.15) is 12.6 Å². The van der Waals surface area contributed by atoms with Gasteiger partial charge in [0, 0.05) is 5.97 Å².